The molecule has 0 radical (unpaired) electrons. The highest BCUT2D eigenvalue weighted by Gasteiger charge is 2.45. The van der Waals surface area contributed by atoms with Crippen LogP contribution in [0.2, 0.25) is 19.6 Å². The first-order valence-electron chi connectivity index (χ1n) is 20.8. The largest absolute Gasteiger partial charge is 0.213 e. The van der Waals surface area contributed by atoms with Crippen molar-refractivity contribution in [3.05, 3.63) is 162 Å². The predicted molar refractivity (Wildman–Crippen MR) is 232 cm³/mol. The number of aromatic nitrogens is 2. The molecule has 3 aliphatic rings. The highest BCUT2D eigenvalue weighted by Crippen LogP contribution is 2.46. The number of hydrogen-bond acceptors (Lipinski definition) is 1. The van der Waals surface area contributed by atoms with E-state index in [2.05, 4.69) is 163 Å². The van der Waals surface area contributed by atoms with Gasteiger partial charge >= 0.3 is 0 Å². The number of nitriles is 1. The molecule has 0 spiro atoms. The Balaban J connectivity index is 1.28. The van der Waals surface area contributed by atoms with Crippen molar-refractivity contribution in [2.24, 2.45) is 5.92 Å². The maximum absolute atomic E-state index is 10.2. The zero-order chi connectivity index (χ0) is 38.6. The first-order chi connectivity index (χ1) is 27.2. The Bertz CT molecular complexity index is 2500. The summed E-state index contributed by atoms with van der Waals surface area (Å²) in [7, 11) is -1.74. The standard InChI is InChI=1S/C52H53N3Si/c1-35-32-54-33-48(40-20-10-7-11-21-40)46(39-18-8-6-9-19-39)30-49(54)47-28-37(31-53)24-25-41(47)26-27-44-42-22-14-15-23-43(42)50-29-45(36(2)38-16-12-13-17-38)51(56(3,4)5)34-55(50)52(35)44/h6-11,14-15,18-25,28-30,33-34,36,38,44,52H,1,12-13,16-17,26-27,32H2,2-5H3/q+2. The second-order valence-corrected chi connectivity index (χ2v) is 22.7. The van der Waals surface area contributed by atoms with Crippen molar-refractivity contribution in [2.45, 2.75) is 89.5 Å². The molecule has 4 heterocycles. The Morgan fingerprint density at radius 3 is 2.09 bits per heavy atom. The second-order valence-electron chi connectivity index (χ2n) is 17.7. The molecule has 3 nitrogen and oxygen atoms in total. The zero-order valence-corrected chi connectivity index (χ0v) is 34.4. The van der Waals surface area contributed by atoms with Gasteiger partial charge in [0, 0.05) is 28.4 Å². The van der Waals surface area contributed by atoms with E-state index in [0.29, 0.717) is 18.0 Å². The maximum Gasteiger partial charge on any atom is 0.213 e. The maximum atomic E-state index is 10.2. The Labute approximate surface area is 334 Å². The lowest BCUT2D eigenvalue weighted by Crippen LogP contribution is -2.55. The molecule has 0 amide bonds. The summed E-state index contributed by atoms with van der Waals surface area (Å²) in [6.07, 6.45) is 12.3. The molecule has 0 bridgehead atoms. The lowest BCUT2D eigenvalue weighted by atomic mass is 9.76. The normalized spacial score (nSPS) is 18.4. The van der Waals surface area contributed by atoms with E-state index >= 15 is 0 Å². The van der Waals surface area contributed by atoms with E-state index in [1.54, 1.807) is 10.8 Å². The molecule has 4 heteroatoms. The minimum absolute atomic E-state index is 0.0973. The summed E-state index contributed by atoms with van der Waals surface area (Å²) < 4.78 is 5.11. The fraction of sp³-hybridized carbons (Fsp3) is 0.288. The molecule has 6 aromatic rings. The predicted octanol–water partition coefficient (Wildman–Crippen LogP) is 11.5. The summed E-state index contributed by atoms with van der Waals surface area (Å²) in [6.45, 7) is 15.8. The third-order valence-electron chi connectivity index (χ3n) is 13.2. The van der Waals surface area contributed by atoms with Gasteiger partial charge in [0.1, 0.15) is 0 Å². The Hall–Kier alpha value is -5.37. The van der Waals surface area contributed by atoms with Gasteiger partial charge in [-0.25, -0.2) is 0 Å². The molecule has 1 aliphatic carbocycles. The minimum atomic E-state index is -1.74. The molecule has 1 saturated carbocycles. The molecule has 3 atom stereocenters. The van der Waals surface area contributed by atoms with E-state index in [-0.39, 0.29) is 12.0 Å². The summed E-state index contributed by atoms with van der Waals surface area (Å²) in [5, 5.41) is 11.8. The van der Waals surface area contributed by atoms with Crippen LogP contribution in [-0.4, -0.2) is 8.07 Å². The number of hydrogen-bond donors (Lipinski definition) is 0. The molecule has 0 saturated heterocycles. The number of allylic oxidation sites excluding steroid dienone is 1. The third-order valence-corrected chi connectivity index (χ3v) is 15.3. The Kier molecular flexibility index (Phi) is 9.46. The van der Waals surface area contributed by atoms with Gasteiger partial charge in [0.2, 0.25) is 11.4 Å². The molecule has 56 heavy (non-hydrogen) atoms. The molecule has 0 N–H and O–H groups in total. The van der Waals surface area contributed by atoms with E-state index in [0.717, 1.165) is 30.0 Å². The van der Waals surface area contributed by atoms with E-state index in [9.17, 15) is 5.26 Å². The third kappa shape index (κ3) is 6.46. The Morgan fingerprint density at radius 2 is 1.39 bits per heavy atom. The number of benzene rings is 4. The van der Waals surface area contributed by atoms with Crippen LogP contribution >= 0.6 is 0 Å². The molecule has 2 aromatic heterocycles. The summed E-state index contributed by atoms with van der Waals surface area (Å²) in [5.74, 6) is 1.57. The van der Waals surface area contributed by atoms with E-state index in [1.807, 2.05) is 6.07 Å². The zero-order valence-electron chi connectivity index (χ0n) is 33.4. The second kappa shape index (κ2) is 14.6. The van der Waals surface area contributed by atoms with Gasteiger partial charge < -0.3 is 0 Å². The van der Waals surface area contributed by atoms with Crippen LogP contribution in [0.15, 0.2) is 140 Å². The van der Waals surface area contributed by atoms with Crippen molar-refractivity contribution in [3.63, 3.8) is 0 Å². The SMILES string of the molecule is C=C1C[n+]2cc(-c3ccccc3)c(-c3ccccc3)cc2-c2cc(C#N)ccc2CCC2c3ccccc3-c3cc(C(C)C4CCCC4)c([Si](C)(C)C)c[n+]3C12. The average molecular weight is 748 g/mol. The number of fused-ring (bicyclic) bond motifs is 9. The quantitative estimate of drug-likeness (QED) is 0.0982. The summed E-state index contributed by atoms with van der Waals surface area (Å²) in [4.78, 5) is 0. The lowest BCUT2D eigenvalue weighted by Gasteiger charge is -2.34. The van der Waals surface area contributed by atoms with Gasteiger partial charge in [-0.2, -0.15) is 14.4 Å². The summed E-state index contributed by atoms with van der Waals surface area (Å²) in [5.41, 5.74) is 15.9. The number of pyridine rings is 2. The van der Waals surface area contributed by atoms with Crippen LogP contribution in [-0.2, 0) is 13.0 Å². The molecular weight excluding hydrogens is 695 g/mol. The first kappa shape index (κ1) is 36.3. The van der Waals surface area contributed by atoms with Crippen LogP contribution in [0.1, 0.15) is 79.2 Å². The molecule has 2 aliphatic heterocycles. The van der Waals surface area contributed by atoms with Gasteiger partial charge in [-0.15, -0.1) is 0 Å². The highest BCUT2D eigenvalue weighted by molar-refractivity contribution is 6.89. The summed E-state index contributed by atoms with van der Waals surface area (Å²) >= 11 is 0. The van der Waals surface area contributed by atoms with Gasteiger partial charge in [-0.3, -0.25) is 0 Å². The monoisotopic (exact) mass is 747 g/mol. The van der Waals surface area contributed by atoms with Crippen molar-refractivity contribution in [3.8, 4) is 50.8 Å². The van der Waals surface area contributed by atoms with Gasteiger partial charge in [-0.1, -0.05) is 131 Å². The van der Waals surface area contributed by atoms with Crippen molar-refractivity contribution in [2.75, 3.05) is 0 Å². The average Bonchev–Trinajstić information content (AvgIpc) is 3.77. The number of nitrogens with zero attached hydrogens (tertiary/aromatic N) is 3. The van der Waals surface area contributed by atoms with Crippen LogP contribution in [0.25, 0.3) is 44.8 Å². The smallest absolute Gasteiger partial charge is 0.193 e. The van der Waals surface area contributed by atoms with Crippen LogP contribution in [0, 0.1) is 17.2 Å². The minimum Gasteiger partial charge on any atom is -0.193 e. The first-order valence-corrected chi connectivity index (χ1v) is 24.3. The van der Waals surface area contributed by atoms with Crippen LogP contribution in [0.5, 0.6) is 0 Å². The van der Waals surface area contributed by atoms with Crippen molar-refractivity contribution < 1.29 is 9.13 Å². The fourth-order valence-electron chi connectivity index (χ4n) is 10.3. The Morgan fingerprint density at radius 1 is 0.714 bits per heavy atom. The molecule has 278 valence electrons. The van der Waals surface area contributed by atoms with Gasteiger partial charge in [0.15, 0.2) is 25.0 Å². The van der Waals surface area contributed by atoms with Crippen LogP contribution in [0.4, 0.5) is 0 Å². The van der Waals surface area contributed by atoms with Gasteiger partial charge in [-0.05, 0) is 83.5 Å². The molecule has 9 rings (SSSR count). The van der Waals surface area contributed by atoms with Gasteiger partial charge in [0.25, 0.3) is 0 Å². The highest BCUT2D eigenvalue weighted by atomic mass is 28.3. The van der Waals surface area contributed by atoms with Crippen LogP contribution < -0.4 is 14.3 Å². The van der Waals surface area contributed by atoms with Crippen molar-refractivity contribution in [1.29, 1.82) is 5.26 Å². The van der Waals surface area contributed by atoms with Crippen molar-refractivity contribution >= 4 is 13.3 Å². The molecule has 4 aromatic carbocycles. The number of rotatable bonds is 5. The molecular formula is C52H53N3Si+2. The lowest BCUT2D eigenvalue weighted by molar-refractivity contribution is -0.722. The van der Waals surface area contributed by atoms with E-state index in [1.165, 1.54) is 75.9 Å². The summed E-state index contributed by atoms with van der Waals surface area (Å²) in [6, 6.07) is 44.6. The van der Waals surface area contributed by atoms with Crippen LogP contribution in [0.3, 0.4) is 0 Å². The number of aryl methyl sites for hydroxylation is 1. The van der Waals surface area contributed by atoms with Gasteiger partial charge in [0.05, 0.1) is 42.3 Å². The molecule has 1 fully saturated rings. The fourth-order valence-corrected chi connectivity index (χ4v) is 12.0. The van der Waals surface area contributed by atoms with Crippen molar-refractivity contribution in [1.82, 2.24) is 0 Å². The molecule has 3 unspecified atom stereocenters. The van der Waals surface area contributed by atoms with E-state index < -0.39 is 8.07 Å². The topological polar surface area (TPSA) is 31.5 Å². The van der Waals surface area contributed by atoms with E-state index in [4.69, 9.17) is 6.58 Å².